The van der Waals surface area contributed by atoms with Gasteiger partial charge in [0.1, 0.15) is 0 Å². The Morgan fingerprint density at radius 2 is 1.80 bits per heavy atom. The van der Waals surface area contributed by atoms with Gasteiger partial charge >= 0.3 is 0 Å². The summed E-state index contributed by atoms with van der Waals surface area (Å²) in [6.45, 7) is 9.56. The van der Waals surface area contributed by atoms with Gasteiger partial charge < -0.3 is 5.01 Å². The molecule has 0 aromatic carbocycles. The molecule has 0 rings (SSSR count). The predicted molar refractivity (Wildman–Crippen MR) is 48.3 cm³/mol. The Morgan fingerprint density at radius 1 is 1.40 bits per heavy atom. The van der Waals surface area contributed by atoms with Crippen LogP contribution in [0.4, 0.5) is 0 Å². The zero-order valence-electron chi connectivity index (χ0n) is 7.68. The molecule has 0 aromatic rings. The first-order chi connectivity index (χ1) is 4.63. The van der Waals surface area contributed by atoms with Gasteiger partial charge in [0.25, 0.3) is 0 Å². The van der Waals surface area contributed by atoms with E-state index in [1.165, 1.54) is 0 Å². The van der Waals surface area contributed by atoms with Gasteiger partial charge in [-0.2, -0.15) is 5.10 Å². The molecule has 0 spiro atoms. The van der Waals surface area contributed by atoms with Gasteiger partial charge in [0.15, 0.2) is 0 Å². The van der Waals surface area contributed by atoms with Crippen molar-refractivity contribution in [3.63, 3.8) is 0 Å². The van der Waals surface area contributed by atoms with Crippen LogP contribution in [-0.4, -0.2) is 25.3 Å². The molecule has 0 heterocycles. The van der Waals surface area contributed by atoms with Gasteiger partial charge in [-0.05, 0) is 12.5 Å². The molecule has 10 heavy (non-hydrogen) atoms. The quantitative estimate of drug-likeness (QED) is 0.426. The van der Waals surface area contributed by atoms with Gasteiger partial charge in [-0.1, -0.05) is 20.4 Å². The monoisotopic (exact) mass is 142 g/mol. The van der Waals surface area contributed by atoms with E-state index < -0.39 is 0 Å². The molecule has 0 aliphatic heterocycles. The van der Waals surface area contributed by atoms with E-state index in [1.54, 1.807) is 11.2 Å². The van der Waals surface area contributed by atoms with Crippen LogP contribution in [0.15, 0.2) is 17.3 Å². The minimum absolute atomic E-state index is 0.971. The normalized spacial score (nSPS) is 8.50. The van der Waals surface area contributed by atoms with Crippen LogP contribution in [0.1, 0.15) is 20.8 Å². The molecule has 0 unspecified atom stereocenters. The Kier molecular flexibility index (Phi) is 9.80. The zero-order chi connectivity index (χ0) is 8.57. The highest BCUT2D eigenvalue weighted by atomic mass is 15.4. The van der Waals surface area contributed by atoms with Gasteiger partial charge in [-0.15, -0.1) is 0 Å². The second-order valence-corrected chi connectivity index (χ2v) is 1.94. The fraction of sp³-hybridized carbons (Fsp3) is 0.625. The molecule has 0 radical (unpaired) electrons. The van der Waals surface area contributed by atoms with Crippen LogP contribution in [0.25, 0.3) is 0 Å². The average molecular weight is 142 g/mol. The molecular weight excluding hydrogens is 124 g/mol. The third kappa shape index (κ3) is 15.7. The van der Waals surface area contributed by atoms with Crippen LogP contribution in [0.5, 0.6) is 0 Å². The van der Waals surface area contributed by atoms with Gasteiger partial charge in [0, 0.05) is 20.3 Å². The minimum atomic E-state index is 0.971. The third-order valence-electron chi connectivity index (χ3n) is 0.509. The summed E-state index contributed by atoms with van der Waals surface area (Å²) in [5, 5.41) is 5.66. The van der Waals surface area contributed by atoms with Gasteiger partial charge in [0.05, 0.1) is 0 Å². The lowest BCUT2D eigenvalue weighted by Crippen LogP contribution is -2.01. The van der Waals surface area contributed by atoms with Crippen molar-refractivity contribution in [1.29, 1.82) is 0 Å². The molecular formula is C8H18N2. The first-order valence-corrected chi connectivity index (χ1v) is 3.49. The maximum absolute atomic E-state index is 3.93. The van der Waals surface area contributed by atoms with Gasteiger partial charge in [0.2, 0.25) is 0 Å². The molecule has 0 aliphatic rings. The summed E-state index contributed by atoms with van der Waals surface area (Å²) in [7, 11) is 3.75. The van der Waals surface area contributed by atoms with E-state index >= 15 is 0 Å². The van der Waals surface area contributed by atoms with E-state index in [0.717, 1.165) is 5.57 Å². The first kappa shape index (κ1) is 11.9. The highest BCUT2D eigenvalue weighted by Gasteiger charge is 1.75. The van der Waals surface area contributed by atoms with E-state index in [2.05, 4.69) is 11.7 Å². The Balaban J connectivity index is 0. The molecule has 0 amide bonds. The summed E-state index contributed by atoms with van der Waals surface area (Å²) < 4.78 is 0. The number of rotatable bonds is 2. The van der Waals surface area contributed by atoms with Crippen molar-refractivity contribution in [2.45, 2.75) is 20.8 Å². The van der Waals surface area contributed by atoms with Crippen molar-refractivity contribution >= 4 is 6.21 Å². The highest BCUT2D eigenvalue weighted by Crippen LogP contribution is 1.80. The molecule has 2 nitrogen and oxygen atoms in total. The van der Waals surface area contributed by atoms with Crippen LogP contribution in [-0.2, 0) is 0 Å². The second-order valence-electron chi connectivity index (χ2n) is 1.94. The fourth-order valence-electron chi connectivity index (χ4n) is 0.214. The van der Waals surface area contributed by atoms with Crippen molar-refractivity contribution in [3.05, 3.63) is 12.2 Å². The second kappa shape index (κ2) is 8.21. The van der Waals surface area contributed by atoms with E-state index in [-0.39, 0.29) is 0 Å². The molecule has 0 saturated heterocycles. The van der Waals surface area contributed by atoms with Crippen molar-refractivity contribution in [2.24, 2.45) is 5.10 Å². The minimum Gasteiger partial charge on any atom is -0.303 e. The molecule has 60 valence electrons. The standard InChI is InChI=1S/C6H12N2.C2H6/c1-6(2)5-7-8(3)4;1-2/h5H,1H2,2-4H3;1-2H3/b7-5-;. The van der Waals surface area contributed by atoms with Crippen LogP contribution in [0, 0.1) is 0 Å². The molecule has 0 aliphatic carbocycles. The number of hydrogen-bond acceptors (Lipinski definition) is 2. The van der Waals surface area contributed by atoms with Crippen LogP contribution in [0.2, 0.25) is 0 Å². The summed E-state index contributed by atoms with van der Waals surface area (Å²) >= 11 is 0. The van der Waals surface area contributed by atoms with Gasteiger partial charge in [-0.3, -0.25) is 0 Å². The molecule has 0 aromatic heterocycles. The molecule has 0 N–H and O–H groups in total. The largest absolute Gasteiger partial charge is 0.303 e. The Labute approximate surface area is 64.2 Å². The smallest absolute Gasteiger partial charge is 0.0493 e. The van der Waals surface area contributed by atoms with E-state index in [9.17, 15) is 0 Å². The average Bonchev–Trinajstić information content (AvgIpc) is 1.89. The van der Waals surface area contributed by atoms with Crippen LogP contribution >= 0.6 is 0 Å². The van der Waals surface area contributed by atoms with E-state index in [1.807, 2.05) is 34.9 Å². The summed E-state index contributed by atoms with van der Waals surface area (Å²) in [5.41, 5.74) is 0.971. The van der Waals surface area contributed by atoms with Crippen molar-refractivity contribution in [3.8, 4) is 0 Å². The molecule has 0 bridgehead atoms. The van der Waals surface area contributed by atoms with E-state index in [4.69, 9.17) is 0 Å². The molecule has 0 saturated carbocycles. The lowest BCUT2D eigenvalue weighted by molar-refractivity contribution is 0.440. The molecule has 2 heteroatoms. The lowest BCUT2D eigenvalue weighted by Gasteiger charge is -2.00. The summed E-state index contributed by atoms with van der Waals surface area (Å²) in [6, 6.07) is 0. The SMILES string of the molecule is C=C(C)/C=N\N(C)C.CC. The fourth-order valence-corrected chi connectivity index (χ4v) is 0.214. The van der Waals surface area contributed by atoms with Crippen molar-refractivity contribution < 1.29 is 0 Å². The molecule has 0 fully saturated rings. The Bertz CT molecular complexity index is 104. The van der Waals surface area contributed by atoms with Crippen molar-refractivity contribution in [2.75, 3.05) is 14.1 Å². The highest BCUT2D eigenvalue weighted by molar-refractivity contribution is 5.76. The zero-order valence-corrected chi connectivity index (χ0v) is 7.68. The van der Waals surface area contributed by atoms with E-state index in [0.29, 0.717) is 0 Å². The number of hydrazone groups is 1. The number of hydrogen-bond donors (Lipinski definition) is 0. The van der Waals surface area contributed by atoms with Crippen molar-refractivity contribution in [1.82, 2.24) is 5.01 Å². The summed E-state index contributed by atoms with van der Waals surface area (Å²) in [6.07, 6.45) is 1.72. The maximum Gasteiger partial charge on any atom is 0.0493 e. The summed E-state index contributed by atoms with van der Waals surface area (Å²) in [4.78, 5) is 0. The molecule has 0 atom stereocenters. The summed E-state index contributed by atoms with van der Waals surface area (Å²) in [5.74, 6) is 0. The Hall–Kier alpha value is -0.790. The lowest BCUT2D eigenvalue weighted by atomic mass is 10.4. The topological polar surface area (TPSA) is 15.6 Å². The van der Waals surface area contributed by atoms with Gasteiger partial charge in [-0.25, -0.2) is 0 Å². The Morgan fingerprint density at radius 3 is 1.90 bits per heavy atom. The first-order valence-electron chi connectivity index (χ1n) is 3.49. The number of allylic oxidation sites excluding steroid dienone is 1. The van der Waals surface area contributed by atoms with Crippen LogP contribution < -0.4 is 0 Å². The van der Waals surface area contributed by atoms with Crippen LogP contribution in [0.3, 0.4) is 0 Å². The predicted octanol–water partition coefficient (Wildman–Crippen LogP) is 2.14. The third-order valence-corrected chi connectivity index (χ3v) is 0.509. The maximum atomic E-state index is 3.93. The number of nitrogens with zero attached hydrogens (tertiary/aromatic N) is 2.